The van der Waals surface area contributed by atoms with Crippen molar-refractivity contribution in [2.75, 3.05) is 18.5 Å². The van der Waals surface area contributed by atoms with E-state index in [1.165, 1.54) is 0 Å². The average Bonchev–Trinajstić information content (AvgIpc) is 3.14. The zero-order chi connectivity index (χ0) is 13.8. The number of rotatable bonds is 5. The van der Waals surface area contributed by atoms with Gasteiger partial charge in [-0.15, -0.1) is 5.10 Å². The van der Waals surface area contributed by atoms with Crippen LogP contribution in [0.15, 0.2) is 34.7 Å². The third-order valence-electron chi connectivity index (χ3n) is 3.50. The molecule has 2 atom stereocenters. The lowest BCUT2D eigenvalue weighted by Gasteiger charge is -2.15. The van der Waals surface area contributed by atoms with Crippen molar-refractivity contribution in [2.45, 2.75) is 31.8 Å². The van der Waals surface area contributed by atoms with E-state index in [2.05, 4.69) is 34.6 Å². The van der Waals surface area contributed by atoms with Crippen LogP contribution in [0.25, 0.3) is 0 Å². The van der Waals surface area contributed by atoms with Gasteiger partial charge >= 0.3 is 6.01 Å². The zero-order valence-corrected chi connectivity index (χ0v) is 11.6. The number of ether oxygens (including phenoxy) is 1. The Balaban J connectivity index is 1.77. The average molecular weight is 273 g/mol. The summed E-state index contributed by atoms with van der Waals surface area (Å²) >= 11 is 0. The summed E-state index contributed by atoms with van der Waals surface area (Å²) in [5.41, 5.74) is 1.16. The van der Waals surface area contributed by atoms with Crippen LogP contribution >= 0.6 is 0 Å². The molecule has 1 aromatic heterocycles. The van der Waals surface area contributed by atoms with E-state index >= 15 is 0 Å². The normalized spacial score (nSPS) is 22.1. The fourth-order valence-corrected chi connectivity index (χ4v) is 2.50. The van der Waals surface area contributed by atoms with Gasteiger partial charge in [0, 0.05) is 13.2 Å². The molecule has 0 aliphatic carbocycles. The third-order valence-corrected chi connectivity index (χ3v) is 3.50. The van der Waals surface area contributed by atoms with Gasteiger partial charge in [-0.25, -0.2) is 0 Å². The highest BCUT2D eigenvalue weighted by atomic mass is 16.5. The van der Waals surface area contributed by atoms with Gasteiger partial charge in [-0.2, -0.15) is 0 Å². The Morgan fingerprint density at radius 1 is 1.25 bits per heavy atom. The highest BCUT2D eigenvalue weighted by Gasteiger charge is 2.34. The van der Waals surface area contributed by atoms with Crippen molar-refractivity contribution in [2.24, 2.45) is 0 Å². The minimum absolute atomic E-state index is 0.00988. The molecular formula is C15H19N3O2. The number of aromatic nitrogens is 2. The number of hydrogen-bond acceptors (Lipinski definition) is 5. The molecule has 0 spiro atoms. The first-order valence-corrected chi connectivity index (χ1v) is 7.12. The first-order valence-electron chi connectivity index (χ1n) is 7.12. The van der Waals surface area contributed by atoms with Gasteiger partial charge in [0.25, 0.3) is 0 Å². The molecule has 1 fully saturated rings. The highest BCUT2D eigenvalue weighted by Crippen LogP contribution is 2.41. The van der Waals surface area contributed by atoms with Crippen molar-refractivity contribution in [3.63, 3.8) is 0 Å². The monoisotopic (exact) mass is 273 g/mol. The lowest BCUT2D eigenvalue weighted by Crippen LogP contribution is -2.06. The summed E-state index contributed by atoms with van der Waals surface area (Å²) in [5, 5.41) is 11.3. The Bertz CT molecular complexity index is 541. The number of nitrogens with one attached hydrogen (secondary N) is 1. The van der Waals surface area contributed by atoms with Crippen molar-refractivity contribution in [3.05, 3.63) is 41.8 Å². The molecule has 2 heterocycles. The second-order valence-corrected chi connectivity index (χ2v) is 4.97. The van der Waals surface area contributed by atoms with Crippen LogP contribution in [0.1, 0.15) is 43.2 Å². The molecule has 1 saturated heterocycles. The molecule has 5 nitrogen and oxygen atoms in total. The second-order valence-electron chi connectivity index (χ2n) is 4.97. The molecule has 20 heavy (non-hydrogen) atoms. The summed E-state index contributed by atoms with van der Waals surface area (Å²) in [6.07, 6.45) is 1.95. The first-order chi connectivity index (χ1) is 9.88. The van der Waals surface area contributed by atoms with Crippen LogP contribution in [0.2, 0.25) is 0 Å². The van der Waals surface area contributed by atoms with Crippen molar-refractivity contribution in [1.82, 2.24) is 10.2 Å². The molecule has 2 aromatic rings. The van der Waals surface area contributed by atoms with E-state index in [1.54, 1.807) is 0 Å². The zero-order valence-electron chi connectivity index (χ0n) is 11.6. The van der Waals surface area contributed by atoms with Gasteiger partial charge in [-0.05, 0) is 18.4 Å². The number of anilines is 1. The molecular weight excluding hydrogens is 254 g/mol. The molecule has 106 valence electrons. The predicted molar refractivity (Wildman–Crippen MR) is 75.6 cm³/mol. The van der Waals surface area contributed by atoms with E-state index in [0.717, 1.165) is 31.6 Å². The van der Waals surface area contributed by atoms with Gasteiger partial charge in [-0.1, -0.05) is 42.4 Å². The molecule has 1 aromatic carbocycles. The Morgan fingerprint density at radius 2 is 2.10 bits per heavy atom. The molecule has 0 saturated carbocycles. The largest absolute Gasteiger partial charge is 0.408 e. The van der Waals surface area contributed by atoms with Crippen LogP contribution < -0.4 is 5.32 Å². The van der Waals surface area contributed by atoms with E-state index in [1.807, 2.05) is 18.2 Å². The fraction of sp³-hybridized carbons (Fsp3) is 0.467. The minimum atomic E-state index is 0.00988. The van der Waals surface area contributed by atoms with E-state index in [0.29, 0.717) is 11.9 Å². The van der Waals surface area contributed by atoms with Gasteiger partial charge in [0.1, 0.15) is 0 Å². The molecule has 1 aliphatic heterocycles. The number of benzene rings is 1. The number of hydrogen-bond donors (Lipinski definition) is 1. The summed E-state index contributed by atoms with van der Waals surface area (Å²) in [4.78, 5) is 0. The van der Waals surface area contributed by atoms with Crippen LogP contribution in [0.5, 0.6) is 0 Å². The molecule has 5 heteroatoms. The smallest absolute Gasteiger partial charge is 0.315 e. The maximum atomic E-state index is 5.85. The van der Waals surface area contributed by atoms with Crippen LogP contribution in [0, 0.1) is 0 Å². The molecule has 0 unspecified atom stereocenters. The summed E-state index contributed by atoms with van der Waals surface area (Å²) in [5.74, 6) is 0.803. The summed E-state index contributed by atoms with van der Waals surface area (Å²) in [6, 6.07) is 10.7. The van der Waals surface area contributed by atoms with Crippen LogP contribution in [0.3, 0.4) is 0 Å². The molecule has 0 amide bonds. The predicted octanol–water partition coefficient (Wildman–Crippen LogP) is 3.14. The quantitative estimate of drug-likeness (QED) is 0.906. The second kappa shape index (κ2) is 6.05. The first kappa shape index (κ1) is 13.1. The van der Waals surface area contributed by atoms with E-state index in [9.17, 15) is 0 Å². The van der Waals surface area contributed by atoms with Crippen molar-refractivity contribution in [1.29, 1.82) is 0 Å². The topological polar surface area (TPSA) is 60.2 Å². The molecule has 1 aliphatic rings. The Morgan fingerprint density at radius 3 is 2.90 bits per heavy atom. The lowest BCUT2D eigenvalue weighted by atomic mass is 9.95. The summed E-state index contributed by atoms with van der Waals surface area (Å²) in [6.45, 7) is 3.66. The summed E-state index contributed by atoms with van der Waals surface area (Å²) < 4.78 is 11.6. The van der Waals surface area contributed by atoms with E-state index in [-0.39, 0.29) is 12.0 Å². The van der Waals surface area contributed by atoms with Crippen LogP contribution in [-0.4, -0.2) is 23.3 Å². The van der Waals surface area contributed by atoms with Gasteiger partial charge in [-0.3, -0.25) is 0 Å². The van der Waals surface area contributed by atoms with Gasteiger partial charge in [0.05, 0.1) is 12.0 Å². The van der Waals surface area contributed by atoms with Crippen molar-refractivity contribution < 1.29 is 9.15 Å². The Kier molecular flexibility index (Phi) is 3.97. The molecule has 3 rings (SSSR count). The summed E-state index contributed by atoms with van der Waals surface area (Å²) in [7, 11) is 0. The van der Waals surface area contributed by atoms with Gasteiger partial charge < -0.3 is 14.5 Å². The third kappa shape index (κ3) is 2.67. The maximum Gasteiger partial charge on any atom is 0.315 e. The minimum Gasteiger partial charge on any atom is -0.408 e. The highest BCUT2D eigenvalue weighted by molar-refractivity contribution is 5.23. The standard InChI is InChI=1S/C15H19N3O2/c1-2-9-16-15-18-17-14(20-15)12-8-10-19-13(12)11-6-4-3-5-7-11/h3-7,12-13H,2,8-10H2,1H3,(H,16,18)/t12-,13+/m1/s1. The lowest BCUT2D eigenvalue weighted by molar-refractivity contribution is 0.100. The van der Waals surface area contributed by atoms with E-state index < -0.39 is 0 Å². The molecule has 0 bridgehead atoms. The van der Waals surface area contributed by atoms with Gasteiger partial charge in [0.15, 0.2) is 0 Å². The molecule has 1 N–H and O–H groups in total. The fourth-order valence-electron chi connectivity index (χ4n) is 2.50. The Labute approximate surface area is 118 Å². The van der Waals surface area contributed by atoms with E-state index in [4.69, 9.17) is 9.15 Å². The van der Waals surface area contributed by atoms with Crippen molar-refractivity contribution >= 4 is 6.01 Å². The molecule has 0 radical (unpaired) electrons. The number of nitrogens with zero attached hydrogens (tertiary/aromatic N) is 2. The van der Waals surface area contributed by atoms with Crippen LogP contribution in [-0.2, 0) is 4.74 Å². The Hall–Kier alpha value is -1.88. The SMILES string of the molecule is CCCNc1nnc([C@@H]2CCO[C@H]2c2ccccc2)o1. The van der Waals surface area contributed by atoms with Gasteiger partial charge in [0.2, 0.25) is 5.89 Å². The van der Waals surface area contributed by atoms with Crippen molar-refractivity contribution in [3.8, 4) is 0 Å². The van der Waals surface area contributed by atoms with Crippen LogP contribution in [0.4, 0.5) is 6.01 Å². The maximum absolute atomic E-state index is 5.85.